The Morgan fingerprint density at radius 2 is 2.16 bits per heavy atom. The summed E-state index contributed by atoms with van der Waals surface area (Å²) >= 11 is 0. The van der Waals surface area contributed by atoms with E-state index in [-0.39, 0.29) is 11.6 Å². The van der Waals surface area contributed by atoms with Crippen LogP contribution in [0.25, 0.3) is 5.69 Å². The fraction of sp³-hybridized carbons (Fsp3) is 0.357. The molecule has 0 spiro atoms. The van der Waals surface area contributed by atoms with Gasteiger partial charge in [0.1, 0.15) is 0 Å². The Bertz CT molecular complexity index is 602. The van der Waals surface area contributed by atoms with E-state index in [2.05, 4.69) is 17.2 Å². The lowest BCUT2D eigenvalue weighted by Gasteiger charge is -2.10. The fourth-order valence-corrected chi connectivity index (χ4v) is 2.06. The highest BCUT2D eigenvalue weighted by Crippen LogP contribution is 2.22. The molecule has 0 fully saturated rings. The van der Waals surface area contributed by atoms with Gasteiger partial charge in [0, 0.05) is 0 Å². The summed E-state index contributed by atoms with van der Waals surface area (Å²) in [4.78, 5) is 11.2. The van der Waals surface area contributed by atoms with Crippen molar-refractivity contribution in [3.8, 4) is 5.69 Å². The van der Waals surface area contributed by atoms with Gasteiger partial charge in [-0.15, -0.1) is 5.10 Å². The molecule has 2 aromatic rings. The van der Waals surface area contributed by atoms with Crippen LogP contribution in [0.2, 0.25) is 0 Å². The normalized spacial score (nSPS) is 10.9. The maximum absolute atomic E-state index is 11.2. The van der Waals surface area contributed by atoms with E-state index in [9.17, 15) is 4.79 Å². The molecule has 0 atom stereocenters. The van der Waals surface area contributed by atoms with Crippen LogP contribution in [0.3, 0.4) is 0 Å². The van der Waals surface area contributed by atoms with E-state index >= 15 is 0 Å². The van der Waals surface area contributed by atoms with Gasteiger partial charge in [-0.3, -0.25) is 0 Å². The largest absolute Gasteiger partial charge is 0.476 e. The molecule has 0 radical (unpaired) electrons. The molecule has 0 unspecified atom stereocenters. The molecule has 1 heterocycles. The first kappa shape index (κ1) is 13.3. The van der Waals surface area contributed by atoms with Crippen LogP contribution >= 0.6 is 0 Å². The third-order valence-electron chi connectivity index (χ3n) is 3.02. The molecule has 0 saturated carbocycles. The van der Waals surface area contributed by atoms with E-state index in [1.807, 2.05) is 38.1 Å². The topological polar surface area (TPSA) is 68.0 Å². The minimum atomic E-state index is -1.04. The molecule has 0 bridgehead atoms. The van der Waals surface area contributed by atoms with E-state index in [1.165, 1.54) is 5.56 Å². The predicted molar refractivity (Wildman–Crippen MR) is 71.8 cm³/mol. The second-order valence-electron chi connectivity index (χ2n) is 4.72. The maximum Gasteiger partial charge on any atom is 0.358 e. The molecule has 5 nitrogen and oxygen atoms in total. The van der Waals surface area contributed by atoms with Gasteiger partial charge < -0.3 is 5.11 Å². The Morgan fingerprint density at radius 1 is 1.42 bits per heavy atom. The summed E-state index contributed by atoms with van der Waals surface area (Å²) in [5.41, 5.74) is 2.68. The lowest BCUT2D eigenvalue weighted by atomic mass is 10.1. The van der Waals surface area contributed by atoms with Crippen molar-refractivity contribution in [3.05, 3.63) is 41.2 Å². The van der Waals surface area contributed by atoms with Crippen LogP contribution < -0.4 is 0 Å². The monoisotopic (exact) mass is 259 g/mol. The van der Waals surface area contributed by atoms with Crippen LogP contribution in [0.1, 0.15) is 48.4 Å². The van der Waals surface area contributed by atoms with Crippen LogP contribution in [-0.2, 0) is 6.42 Å². The molecule has 0 amide bonds. The van der Waals surface area contributed by atoms with Crippen LogP contribution in [0, 0.1) is 0 Å². The smallest absolute Gasteiger partial charge is 0.358 e. The summed E-state index contributed by atoms with van der Waals surface area (Å²) in [6.45, 7) is 5.95. The molecule has 0 aliphatic rings. The van der Waals surface area contributed by atoms with Gasteiger partial charge in [-0.2, -0.15) is 0 Å². The highest BCUT2D eigenvalue weighted by atomic mass is 16.4. The zero-order valence-electron chi connectivity index (χ0n) is 11.3. The van der Waals surface area contributed by atoms with Crippen molar-refractivity contribution in [2.45, 2.75) is 33.1 Å². The SMILES string of the molecule is CCc1cccc(-n2nnc(C(=O)O)c2C(C)C)c1. The Morgan fingerprint density at radius 3 is 2.74 bits per heavy atom. The van der Waals surface area contributed by atoms with E-state index in [4.69, 9.17) is 5.11 Å². The number of carbonyl (C=O) groups is 1. The van der Waals surface area contributed by atoms with Crippen LogP contribution in [0.4, 0.5) is 0 Å². The Labute approximate surface area is 111 Å². The molecule has 0 saturated heterocycles. The fourth-order valence-electron chi connectivity index (χ4n) is 2.06. The molecule has 1 N–H and O–H groups in total. The minimum Gasteiger partial charge on any atom is -0.476 e. The molecule has 1 aromatic carbocycles. The number of aromatic carboxylic acids is 1. The summed E-state index contributed by atoms with van der Waals surface area (Å²) < 4.78 is 1.62. The molecule has 2 rings (SSSR count). The zero-order valence-corrected chi connectivity index (χ0v) is 11.3. The molecule has 100 valence electrons. The van der Waals surface area contributed by atoms with Crippen molar-refractivity contribution in [1.29, 1.82) is 0 Å². The second-order valence-corrected chi connectivity index (χ2v) is 4.72. The second kappa shape index (κ2) is 5.22. The summed E-state index contributed by atoms with van der Waals surface area (Å²) in [6.07, 6.45) is 0.922. The third-order valence-corrected chi connectivity index (χ3v) is 3.02. The number of nitrogens with zero attached hydrogens (tertiary/aromatic N) is 3. The summed E-state index contributed by atoms with van der Waals surface area (Å²) in [6, 6.07) is 7.89. The molecule has 19 heavy (non-hydrogen) atoms. The molecule has 0 aliphatic carbocycles. The average Bonchev–Trinajstić information content (AvgIpc) is 2.83. The van der Waals surface area contributed by atoms with Crippen molar-refractivity contribution >= 4 is 5.97 Å². The quantitative estimate of drug-likeness (QED) is 0.916. The number of rotatable bonds is 4. The molecule has 0 aliphatic heterocycles. The highest BCUT2D eigenvalue weighted by molar-refractivity contribution is 5.86. The Hall–Kier alpha value is -2.17. The number of aryl methyl sites for hydroxylation is 1. The Balaban J connectivity index is 2.58. The van der Waals surface area contributed by atoms with Crippen molar-refractivity contribution < 1.29 is 9.90 Å². The average molecular weight is 259 g/mol. The number of carboxylic acids is 1. The van der Waals surface area contributed by atoms with Crippen LogP contribution in [0.5, 0.6) is 0 Å². The van der Waals surface area contributed by atoms with E-state index < -0.39 is 5.97 Å². The lowest BCUT2D eigenvalue weighted by Crippen LogP contribution is -2.08. The lowest BCUT2D eigenvalue weighted by molar-refractivity contribution is 0.0688. The van der Waals surface area contributed by atoms with Gasteiger partial charge >= 0.3 is 5.97 Å². The molecule has 5 heteroatoms. The van der Waals surface area contributed by atoms with Crippen LogP contribution in [-0.4, -0.2) is 26.1 Å². The van der Waals surface area contributed by atoms with Gasteiger partial charge in [0.15, 0.2) is 5.69 Å². The third kappa shape index (κ3) is 2.50. The van der Waals surface area contributed by atoms with Crippen molar-refractivity contribution in [3.63, 3.8) is 0 Å². The summed E-state index contributed by atoms with van der Waals surface area (Å²) in [7, 11) is 0. The number of benzene rings is 1. The van der Waals surface area contributed by atoms with Gasteiger partial charge in [-0.05, 0) is 30.0 Å². The number of hydrogen-bond donors (Lipinski definition) is 1. The standard InChI is InChI=1S/C14H17N3O2/c1-4-10-6-5-7-11(8-10)17-13(9(2)3)12(14(18)19)15-16-17/h5-9H,4H2,1-3H3,(H,18,19). The van der Waals surface area contributed by atoms with Gasteiger partial charge in [0.05, 0.1) is 11.4 Å². The van der Waals surface area contributed by atoms with Gasteiger partial charge in [-0.25, -0.2) is 9.48 Å². The van der Waals surface area contributed by atoms with Crippen molar-refractivity contribution in [1.82, 2.24) is 15.0 Å². The molecular formula is C14H17N3O2. The van der Waals surface area contributed by atoms with Gasteiger partial charge in [0.2, 0.25) is 0 Å². The molecule has 1 aromatic heterocycles. The first-order chi connectivity index (χ1) is 9.04. The van der Waals surface area contributed by atoms with E-state index in [1.54, 1.807) is 4.68 Å². The summed E-state index contributed by atoms with van der Waals surface area (Å²) in [5, 5.41) is 16.9. The molecular weight excluding hydrogens is 242 g/mol. The van der Waals surface area contributed by atoms with Crippen molar-refractivity contribution in [2.75, 3.05) is 0 Å². The highest BCUT2D eigenvalue weighted by Gasteiger charge is 2.22. The zero-order chi connectivity index (χ0) is 14.0. The van der Waals surface area contributed by atoms with E-state index in [0.29, 0.717) is 5.69 Å². The number of carboxylic acid groups (broad SMARTS) is 1. The number of aromatic nitrogens is 3. The summed E-state index contributed by atoms with van der Waals surface area (Å²) in [5.74, 6) is -1.01. The van der Waals surface area contributed by atoms with Gasteiger partial charge in [0.25, 0.3) is 0 Å². The predicted octanol–water partition coefficient (Wildman–Crippen LogP) is 2.65. The number of hydrogen-bond acceptors (Lipinski definition) is 3. The first-order valence-electron chi connectivity index (χ1n) is 6.32. The minimum absolute atomic E-state index is 0.0249. The Kier molecular flexibility index (Phi) is 3.64. The van der Waals surface area contributed by atoms with Crippen molar-refractivity contribution in [2.24, 2.45) is 0 Å². The van der Waals surface area contributed by atoms with E-state index in [0.717, 1.165) is 12.1 Å². The van der Waals surface area contributed by atoms with Crippen LogP contribution in [0.15, 0.2) is 24.3 Å². The first-order valence-corrected chi connectivity index (χ1v) is 6.32. The van der Waals surface area contributed by atoms with Gasteiger partial charge in [-0.1, -0.05) is 38.1 Å². The maximum atomic E-state index is 11.2.